The molecule has 8 heteroatoms. The lowest BCUT2D eigenvalue weighted by atomic mass is 10.6. The minimum Gasteiger partial charge on any atom is -0.335 e. The molecule has 0 aliphatic heterocycles. The van der Waals surface area contributed by atoms with Crippen LogP contribution in [0.3, 0.4) is 0 Å². The summed E-state index contributed by atoms with van der Waals surface area (Å²) in [6, 6.07) is 0. The van der Waals surface area contributed by atoms with Crippen LogP contribution in [0.15, 0.2) is 0 Å². The van der Waals surface area contributed by atoms with Crippen molar-refractivity contribution in [1.29, 1.82) is 0 Å². The van der Waals surface area contributed by atoms with E-state index >= 15 is 0 Å². The summed E-state index contributed by atoms with van der Waals surface area (Å²) in [5.74, 6) is -1.73. The van der Waals surface area contributed by atoms with Gasteiger partial charge in [0.2, 0.25) is 5.91 Å². The predicted octanol–water partition coefficient (Wildman–Crippen LogP) is 1.29. The van der Waals surface area contributed by atoms with Crippen molar-refractivity contribution in [3.8, 4) is 0 Å². The van der Waals surface area contributed by atoms with Crippen LogP contribution < -0.4 is 5.32 Å². The minimum atomic E-state index is -3.62. The van der Waals surface area contributed by atoms with E-state index in [0.29, 0.717) is 6.29 Å². The van der Waals surface area contributed by atoms with E-state index in [1.165, 1.54) is 0 Å². The molecule has 0 rings (SSSR count). The standard InChI is InChI=1S/C8H15BrNO5P/c1-3-14-16(13,15-4-2)8(6-11)10-7(12)5-9/h6,8H,3-5H2,1-2H3,(H,10,12). The minimum absolute atomic E-state index is 0.00951. The molecule has 1 unspecified atom stereocenters. The molecule has 94 valence electrons. The van der Waals surface area contributed by atoms with Crippen molar-refractivity contribution in [1.82, 2.24) is 5.32 Å². The summed E-state index contributed by atoms with van der Waals surface area (Å²) >= 11 is 2.92. The van der Waals surface area contributed by atoms with E-state index in [1.807, 2.05) is 0 Å². The third-order valence-corrected chi connectivity index (χ3v) is 4.20. The predicted molar refractivity (Wildman–Crippen MR) is 62.6 cm³/mol. The molecule has 6 nitrogen and oxygen atoms in total. The molecule has 0 heterocycles. The average Bonchev–Trinajstić information content (AvgIpc) is 2.25. The SMILES string of the molecule is CCOP(=O)(OCC)C(C=O)NC(=O)CBr. The molecule has 0 radical (unpaired) electrons. The van der Waals surface area contributed by atoms with E-state index in [0.717, 1.165) is 0 Å². The Kier molecular flexibility index (Phi) is 7.83. The Morgan fingerprint density at radius 3 is 2.25 bits per heavy atom. The van der Waals surface area contributed by atoms with E-state index in [9.17, 15) is 14.2 Å². The van der Waals surface area contributed by atoms with E-state index in [2.05, 4.69) is 21.2 Å². The highest BCUT2D eigenvalue weighted by Gasteiger charge is 2.36. The third-order valence-electron chi connectivity index (χ3n) is 1.52. The molecule has 0 aliphatic carbocycles. The Morgan fingerprint density at radius 1 is 1.44 bits per heavy atom. The Hall–Kier alpha value is -0.230. The summed E-state index contributed by atoms with van der Waals surface area (Å²) < 4.78 is 22.0. The first kappa shape index (κ1) is 15.8. The van der Waals surface area contributed by atoms with Crippen molar-refractivity contribution in [2.45, 2.75) is 19.6 Å². The quantitative estimate of drug-likeness (QED) is 0.414. The second-order valence-corrected chi connectivity index (χ2v) is 5.37. The van der Waals surface area contributed by atoms with Crippen LogP contribution in [0, 0.1) is 0 Å². The van der Waals surface area contributed by atoms with Gasteiger partial charge in [0.15, 0.2) is 12.1 Å². The van der Waals surface area contributed by atoms with Gasteiger partial charge in [-0.25, -0.2) is 0 Å². The van der Waals surface area contributed by atoms with Crippen LogP contribution in [-0.4, -0.2) is 36.5 Å². The van der Waals surface area contributed by atoms with Gasteiger partial charge in [-0.3, -0.25) is 9.36 Å². The smallest absolute Gasteiger partial charge is 0.335 e. The molecule has 0 aromatic carbocycles. The van der Waals surface area contributed by atoms with Crippen LogP contribution >= 0.6 is 23.5 Å². The molecule has 0 spiro atoms. The first-order valence-corrected chi connectivity index (χ1v) is 7.46. The van der Waals surface area contributed by atoms with E-state index in [4.69, 9.17) is 9.05 Å². The zero-order valence-corrected chi connectivity index (χ0v) is 11.6. The van der Waals surface area contributed by atoms with Crippen LogP contribution in [-0.2, 0) is 23.2 Å². The lowest BCUT2D eigenvalue weighted by molar-refractivity contribution is -0.121. The zero-order valence-electron chi connectivity index (χ0n) is 9.14. The number of amides is 1. The third kappa shape index (κ3) is 4.74. The van der Waals surface area contributed by atoms with Crippen LogP contribution in [0.5, 0.6) is 0 Å². The fraction of sp³-hybridized carbons (Fsp3) is 0.750. The number of carbonyl (C=O) groups excluding carboxylic acids is 2. The summed E-state index contributed by atoms with van der Waals surface area (Å²) in [6.07, 6.45) is 0.354. The van der Waals surface area contributed by atoms with E-state index < -0.39 is 19.3 Å². The largest absolute Gasteiger partial charge is 0.360 e. The molecular formula is C8H15BrNO5P. The number of alkyl halides is 1. The number of aldehydes is 1. The van der Waals surface area contributed by atoms with Gasteiger partial charge >= 0.3 is 7.60 Å². The van der Waals surface area contributed by atoms with Crippen LogP contribution in [0.2, 0.25) is 0 Å². The molecule has 0 aromatic rings. The van der Waals surface area contributed by atoms with Gasteiger partial charge in [-0.2, -0.15) is 0 Å². The van der Waals surface area contributed by atoms with Crippen molar-refractivity contribution in [2.75, 3.05) is 18.5 Å². The van der Waals surface area contributed by atoms with Crippen molar-refractivity contribution < 1.29 is 23.2 Å². The summed E-state index contributed by atoms with van der Waals surface area (Å²) in [4.78, 5) is 21.9. The topological polar surface area (TPSA) is 81.7 Å². The van der Waals surface area contributed by atoms with Crippen molar-refractivity contribution in [2.24, 2.45) is 0 Å². The summed E-state index contributed by atoms with van der Waals surface area (Å²) in [7, 11) is -3.62. The molecule has 1 amide bonds. The molecule has 0 saturated carbocycles. The number of halogens is 1. The van der Waals surface area contributed by atoms with Gasteiger partial charge in [0.05, 0.1) is 18.5 Å². The number of rotatable bonds is 8. The van der Waals surface area contributed by atoms with Crippen LogP contribution in [0.25, 0.3) is 0 Å². The number of nitrogens with one attached hydrogen (secondary N) is 1. The van der Waals surface area contributed by atoms with E-state index in [1.54, 1.807) is 13.8 Å². The molecule has 1 atom stereocenters. The summed E-state index contributed by atoms with van der Waals surface area (Å²) in [5, 5.41) is 2.27. The lowest BCUT2D eigenvalue weighted by Gasteiger charge is -2.22. The van der Waals surface area contributed by atoms with Crippen molar-refractivity contribution >= 4 is 35.7 Å². The maximum atomic E-state index is 12.1. The lowest BCUT2D eigenvalue weighted by Crippen LogP contribution is -2.37. The Labute approximate surface area is 103 Å². The Bertz CT molecular complexity index is 276. The first-order valence-electron chi connectivity index (χ1n) is 4.73. The highest BCUT2D eigenvalue weighted by Crippen LogP contribution is 2.51. The monoisotopic (exact) mass is 315 g/mol. The Balaban J connectivity index is 4.77. The fourth-order valence-electron chi connectivity index (χ4n) is 0.949. The van der Waals surface area contributed by atoms with Crippen molar-refractivity contribution in [3.63, 3.8) is 0 Å². The van der Waals surface area contributed by atoms with E-state index in [-0.39, 0.29) is 18.5 Å². The summed E-state index contributed by atoms with van der Waals surface area (Å²) in [5.41, 5.74) is 0. The summed E-state index contributed by atoms with van der Waals surface area (Å²) in [6.45, 7) is 3.51. The Morgan fingerprint density at radius 2 is 1.94 bits per heavy atom. The second-order valence-electron chi connectivity index (χ2n) is 2.66. The molecule has 0 aliphatic rings. The zero-order chi connectivity index (χ0) is 12.6. The maximum Gasteiger partial charge on any atom is 0.360 e. The van der Waals surface area contributed by atoms with Gasteiger partial charge in [0, 0.05) is 0 Å². The molecule has 16 heavy (non-hydrogen) atoms. The van der Waals surface area contributed by atoms with Crippen LogP contribution in [0.4, 0.5) is 0 Å². The van der Waals surface area contributed by atoms with Crippen molar-refractivity contribution in [3.05, 3.63) is 0 Å². The number of hydrogen-bond donors (Lipinski definition) is 1. The van der Waals surface area contributed by atoms with Gasteiger partial charge < -0.3 is 19.2 Å². The first-order chi connectivity index (χ1) is 7.53. The van der Waals surface area contributed by atoms with Gasteiger partial charge in [-0.15, -0.1) is 0 Å². The fourth-order valence-corrected chi connectivity index (χ4v) is 2.68. The van der Waals surface area contributed by atoms with Gasteiger partial charge in [0.25, 0.3) is 0 Å². The molecule has 0 saturated heterocycles. The van der Waals surface area contributed by atoms with Gasteiger partial charge in [-0.05, 0) is 13.8 Å². The molecular weight excluding hydrogens is 301 g/mol. The molecule has 1 N–H and O–H groups in total. The molecule has 0 bridgehead atoms. The molecule has 0 fully saturated rings. The number of hydrogen-bond acceptors (Lipinski definition) is 5. The highest BCUT2D eigenvalue weighted by molar-refractivity contribution is 9.09. The number of carbonyl (C=O) groups is 2. The van der Waals surface area contributed by atoms with Crippen LogP contribution in [0.1, 0.15) is 13.8 Å². The van der Waals surface area contributed by atoms with Gasteiger partial charge in [0.1, 0.15) is 0 Å². The maximum absolute atomic E-state index is 12.1. The second kappa shape index (κ2) is 7.95. The van der Waals surface area contributed by atoms with Gasteiger partial charge in [-0.1, -0.05) is 15.9 Å². The average molecular weight is 316 g/mol. The highest BCUT2D eigenvalue weighted by atomic mass is 79.9. The molecule has 0 aromatic heterocycles. The normalized spacial score (nSPS) is 13.2.